The Morgan fingerprint density at radius 1 is 1.41 bits per heavy atom. The van der Waals surface area contributed by atoms with Gasteiger partial charge >= 0.3 is 0 Å². The van der Waals surface area contributed by atoms with Gasteiger partial charge in [-0.25, -0.2) is 4.98 Å². The number of hydrogen-bond acceptors (Lipinski definition) is 3. The fourth-order valence-electron chi connectivity index (χ4n) is 3.65. The highest BCUT2D eigenvalue weighted by Crippen LogP contribution is 2.57. The normalized spacial score (nSPS) is 35.7. The van der Waals surface area contributed by atoms with Gasteiger partial charge in [0.25, 0.3) is 0 Å². The van der Waals surface area contributed by atoms with Gasteiger partial charge in [0.05, 0.1) is 12.2 Å². The summed E-state index contributed by atoms with van der Waals surface area (Å²) in [5.41, 5.74) is 2.10. The number of aryl methyl sites for hydroxylation is 2. The molecule has 1 saturated heterocycles. The molecule has 3 aliphatic rings. The van der Waals surface area contributed by atoms with Gasteiger partial charge in [-0.15, -0.1) is 11.3 Å². The molecule has 2 aliphatic carbocycles. The molecule has 4 rings (SSSR count). The number of rotatable bonds is 2. The highest BCUT2D eigenvalue weighted by atomic mass is 32.1. The van der Waals surface area contributed by atoms with Gasteiger partial charge in [-0.2, -0.15) is 0 Å². The largest absolute Gasteiger partial charge is 0.296 e. The number of aromatic nitrogens is 1. The molecule has 2 atom stereocenters. The molecule has 0 spiro atoms. The SMILES string of the molecule is CC12CC1CN(Cc1nc3c(s1)CCCC3)C2. The first-order chi connectivity index (χ1) is 8.23. The summed E-state index contributed by atoms with van der Waals surface area (Å²) in [6.07, 6.45) is 6.70. The van der Waals surface area contributed by atoms with Crippen LogP contribution in [0.3, 0.4) is 0 Å². The van der Waals surface area contributed by atoms with Crippen molar-refractivity contribution in [2.75, 3.05) is 13.1 Å². The number of piperidine rings is 1. The topological polar surface area (TPSA) is 16.1 Å². The highest BCUT2D eigenvalue weighted by molar-refractivity contribution is 7.11. The molecule has 0 radical (unpaired) electrons. The van der Waals surface area contributed by atoms with E-state index in [2.05, 4.69) is 11.8 Å². The Labute approximate surface area is 107 Å². The van der Waals surface area contributed by atoms with E-state index in [1.54, 1.807) is 4.88 Å². The van der Waals surface area contributed by atoms with Crippen LogP contribution in [-0.2, 0) is 19.4 Å². The van der Waals surface area contributed by atoms with Crippen molar-refractivity contribution in [3.8, 4) is 0 Å². The van der Waals surface area contributed by atoms with E-state index in [1.807, 2.05) is 11.3 Å². The fourth-order valence-corrected chi connectivity index (χ4v) is 4.85. The van der Waals surface area contributed by atoms with Crippen LogP contribution in [0, 0.1) is 11.3 Å². The van der Waals surface area contributed by atoms with Crippen molar-refractivity contribution in [1.82, 2.24) is 9.88 Å². The van der Waals surface area contributed by atoms with Crippen LogP contribution in [0.15, 0.2) is 0 Å². The Kier molecular flexibility index (Phi) is 2.19. The Bertz CT molecular complexity index is 430. The molecule has 17 heavy (non-hydrogen) atoms. The molecule has 2 nitrogen and oxygen atoms in total. The zero-order valence-electron chi connectivity index (χ0n) is 10.5. The second-order valence-corrected chi connectivity index (χ2v) is 7.58. The molecule has 1 saturated carbocycles. The lowest BCUT2D eigenvalue weighted by Gasteiger charge is -2.17. The number of hydrogen-bond donors (Lipinski definition) is 0. The van der Waals surface area contributed by atoms with E-state index in [-0.39, 0.29) is 0 Å². The Hall–Kier alpha value is -0.410. The summed E-state index contributed by atoms with van der Waals surface area (Å²) in [6.45, 7) is 6.19. The number of likely N-dealkylation sites (tertiary alicyclic amines) is 1. The zero-order valence-corrected chi connectivity index (χ0v) is 11.4. The average molecular weight is 248 g/mol. The van der Waals surface area contributed by atoms with Crippen LogP contribution in [0.25, 0.3) is 0 Å². The zero-order chi connectivity index (χ0) is 11.5. The van der Waals surface area contributed by atoms with E-state index in [1.165, 1.54) is 55.9 Å². The van der Waals surface area contributed by atoms with Crippen LogP contribution >= 0.6 is 11.3 Å². The molecular weight excluding hydrogens is 228 g/mol. The molecule has 0 amide bonds. The maximum Gasteiger partial charge on any atom is 0.107 e. The molecule has 3 heteroatoms. The third-order valence-electron chi connectivity index (χ3n) is 4.85. The highest BCUT2D eigenvalue weighted by Gasteiger charge is 2.55. The second-order valence-electron chi connectivity index (χ2n) is 6.41. The molecule has 2 heterocycles. The first-order valence-corrected chi connectivity index (χ1v) is 7.74. The van der Waals surface area contributed by atoms with Crippen molar-refractivity contribution < 1.29 is 0 Å². The van der Waals surface area contributed by atoms with Crippen LogP contribution in [-0.4, -0.2) is 23.0 Å². The summed E-state index contributed by atoms with van der Waals surface area (Å²) < 4.78 is 0. The van der Waals surface area contributed by atoms with Gasteiger partial charge in [0.1, 0.15) is 5.01 Å². The molecule has 92 valence electrons. The minimum absolute atomic E-state index is 0.677. The van der Waals surface area contributed by atoms with Crippen LogP contribution in [0.2, 0.25) is 0 Å². The molecular formula is C14H20N2S. The van der Waals surface area contributed by atoms with Gasteiger partial charge in [-0.3, -0.25) is 4.90 Å². The van der Waals surface area contributed by atoms with Crippen molar-refractivity contribution in [3.63, 3.8) is 0 Å². The Morgan fingerprint density at radius 3 is 3.06 bits per heavy atom. The van der Waals surface area contributed by atoms with Gasteiger partial charge in [-0.05, 0) is 43.4 Å². The summed E-state index contributed by atoms with van der Waals surface area (Å²) in [5.74, 6) is 0.997. The van der Waals surface area contributed by atoms with Gasteiger partial charge in [0.2, 0.25) is 0 Å². The maximum atomic E-state index is 4.85. The van der Waals surface area contributed by atoms with Crippen molar-refractivity contribution in [3.05, 3.63) is 15.6 Å². The van der Waals surface area contributed by atoms with E-state index in [0.29, 0.717) is 5.41 Å². The van der Waals surface area contributed by atoms with Crippen LogP contribution in [0.1, 0.15) is 41.8 Å². The molecule has 2 fully saturated rings. The van der Waals surface area contributed by atoms with Gasteiger partial charge < -0.3 is 0 Å². The summed E-state index contributed by atoms with van der Waals surface area (Å²) in [4.78, 5) is 9.06. The van der Waals surface area contributed by atoms with Crippen LogP contribution < -0.4 is 0 Å². The van der Waals surface area contributed by atoms with Crippen LogP contribution in [0.4, 0.5) is 0 Å². The van der Waals surface area contributed by atoms with E-state index >= 15 is 0 Å². The molecule has 0 bridgehead atoms. The molecule has 0 aromatic carbocycles. The summed E-state index contributed by atoms with van der Waals surface area (Å²) in [6, 6.07) is 0. The van der Waals surface area contributed by atoms with Crippen molar-refractivity contribution in [2.24, 2.45) is 11.3 Å². The molecule has 0 N–H and O–H groups in total. The van der Waals surface area contributed by atoms with Gasteiger partial charge in [-0.1, -0.05) is 6.92 Å². The minimum atomic E-state index is 0.677. The van der Waals surface area contributed by atoms with E-state index in [0.717, 1.165) is 12.5 Å². The first kappa shape index (κ1) is 10.5. The van der Waals surface area contributed by atoms with E-state index in [4.69, 9.17) is 4.98 Å². The third-order valence-corrected chi connectivity index (χ3v) is 5.99. The van der Waals surface area contributed by atoms with Crippen molar-refractivity contribution in [2.45, 2.75) is 45.6 Å². The molecule has 1 aromatic rings. The molecule has 1 aliphatic heterocycles. The summed E-state index contributed by atoms with van der Waals surface area (Å²) >= 11 is 1.98. The smallest absolute Gasteiger partial charge is 0.107 e. The number of nitrogens with zero attached hydrogens (tertiary/aromatic N) is 2. The standard InChI is InChI=1S/C14H20N2S/c1-14-6-10(14)7-16(9-14)8-13-15-11-4-2-3-5-12(11)17-13/h10H,2-9H2,1H3. The van der Waals surface area contributed by atoms with Gasteiger partial charge in [0.15, 0.2) is 0 Å². The second kappa shape index (κ2) is 3.55. The fraction of sp³-hybridized carbons (Fsp3) is 0.786. The Balaban J connectivity index is 1.47. The first-order valence-electron chi connectivity index (χ1n) is 6.93. The number of thiazole rings is 1. The summed E-state index contributed by atoms with van der Waals surface area (Å²) in [7, 11) is 0. The lowest BCUT2D eigenvalue weighted by Crippen LogP contribution is -2.23. The van der Waals surface area contributed by atoms with E-state index < -0.39 is 0 Å². The van der Waals surface area contributed by atoms with Crippen molar-refractivity contribution >= 4 is 11.3 Å². The summed E-state index contributed by atoms with van der Waals surface area (Å²) in [5, 5.41) is 1.38. The monoisotopic (exact) mass is 248 g/mol. The minimum Gasteiger partial charge on any atom is -0.296 e. The van der Waals surface area contributed by atoms with E-state index in [9.17, 15) is 0 Å². The third kappa shape index (κ3) is 1.75. The molecule has 1 aromatic heterocycles. The number of fused-ring (bicyclic) bond motifs is 2. The van der Waals surface area contributed by atoms with Crippen molar-refractivity contribution in [1.29, 1.82) is 0 Å². The Morgan fingerprint density at radius 2 is 2.29 bits per heavy atom. The lowest BCUT2D eigenvalue weighted by atomic mass is 10.0. The quantitative estimate of drug-likeness (QED) is 0.800. The predicted molar refractivity (Wildman–Crippen MR) is 70.2 cm³/mol. The van der Waals surface area contributed by atoms with Crippen LogP contribution in [0.5, 0.6) is 0 Å². The average Bonchev–Trinajstić information content (AvgIpc) is 2.69. The molecule has 2 unspecified atom stereocenters. The lowest BCUT2D eigenvalue weighted by molar-refractivity contribution is 0.278. The predicted octanol–water partition coefficient (Wildman–Crippen LogP) is 2.86. The van der Waals surface area contributed by atoms with Gasteiger partial charge in [0, 0.05) is 18.0 Å². The maximum absolute atomic E-state index is 4.85.